The zero-order valence-corrected chi connectivity index (χ0v) is 18.1. The number of carbonyl (C=O) groups excluding carboxylic acids is 1. The zero-order chi connectivity index (χ0) is 19.8. The van der Waals surface area contributed by atoms with Crippen LogP contribution >= 0.6 is 0 Å². The molecule has 0 N–H and O–H groups in total. The van der Waals surface area contributed by atoms with E-state index in [-0.39, 0.29) is 23.1 Å². The highest BCUT2D eigenvalue weighted by Crippen LogP contribution is 2.43. The molecule has 0 radical (unpaired) electrons. The van der Waals surface area contributed by atoms with Gasteiger partial charge in [-0.05, 0) is 23.7 Å². The number of nitrogens with zero attached hydrogens (tertiary/aromatic N) is 1. The van der Waals surface area contributed by atoms with E-state index in [2.05, 4.69) is 40.4 Å². The highest BCUT2D eigenvalue weighted by molar-refractivity contribution is 6.74. The molecule has 0 spiro atoms. The summed E-state index contributed by atoms with van der Waals surface area (Å²) in [6.07, 6.45) is 2.59. The summed E-state index contributed by atoms with van der Waals surface area (Å²) in [4.78, 5) is 15.1. The first-order valence-electron chi connectivity index (χ1n) is 9.68. The van der Waals surface area contributed by atoms with Gasteiger partial charge in [0, 0.05) is 13.0 Å². The van der Waals surface area contributed by atoms with Crippen molar-refractivity contribution in [2.45, 2.75) is 57.5 Å². The Morgan fingerprint density at radius 2 is 1.93 bits per heavy atom. The summed E-state index contributed by atoms with van der Waals surface area (Å²) in [6, 6.07) is 9.76. The van der Waals surface area contributed by atoms with Crippen LogP contribution in [0.4, 0.5) is 0 Å². The van der Waals surface area contributed by atoms with Crippen molar-refractivity contribution < 1.29 is 14.0 Å². The highest BCUT2D eigenvalue weighted by Gasteiger charge is 2.49. The maximum absolute atomic E-state index is 13.2. The van der Waals surface area contributed by atoms with E-state index in [4.69, 9.17) is 9.16 Å². The summed E-state index contributed by atoms with van der Waals surface area (Å²) >= 11 is 0. The van der Waals surface area contributed by atoms with Crippen molar-refractivity contribution in [3.05, 3.63) is 54.3 Å². The fraction of sp³-hybridized carbons (Fsp3) is 0.500. The van der Waals surface area contributed by atoms with Crippen molar-refractivity contribution in [3.63, 3.8) is 0 Å². The van der Waals surface area contributed by atoms with Crippen molar-refractivity contribution in [3.8, 4) is 0 Å². The smallest absolute Gasteiger partial charge is 0.258 e. The number of hydrogen-bond donors (Lipinski definition) is 0. The van der Waals surface area contributed by atoms with Gasteiger partial charge in [-0.15, -0.1) is 0 Å². The van der Waals surface area contributed by atoms with E-state index < -0.39 is 8.32 Å². The second-order valence-corrected chi connectivity index (χ2v) is 13.7. The van der Waals surface area contributed by atoms with Gasteiger partial charge in [0.1, 0.15) is 12.4 Å². The Balaban J connectivity index is 1.87. The molecule has 2 atom stereocenters. The summed E-state index contributed by atoms with van der Waals surface area (Å²) in [5.41, 5.74) is 1.60. The molecular formula is C22H31NO3Si. The van der Waals surface area contributed by atoms with Gasteiger partial charge in [-0.25, -0.2) is 0 Å². The number of fused-ring (bicyclic) bond motifs is 1. The lowest BCUT2D eigenvalue weighted by molar-refractivity contribution is -0.124. The Morgan fingerprint density at radius 3 is 2.52 bits per heavy atom. The van der Waals surface area contributed by atoms with Gasteiger partial charge in [-0.3, -0.25) is 4.79 Å². The van der Waals surface area contributed by atoms with Crippen LogP contribution in [0, 0.1) is 0 Å². The van der Waals surface area contributed by atoms with E-state index >= 15 is 0 Å². The third-order valence-electron chi connectivity index (χ3n) is 5.97. The number of hydrogen-bond acceptors (Lipinski definition) is 3. The standard InChI is InChI=1S/C22H31NO3Si/c1-7-13-25-20-18-14-17(26-27(5,6)22(2,3)4)15-23(18)21(24)19(20)16-11-9-8-10-12-16/h7-12,17-18H,1,13-15H2,2-6H3. The van der Waals surface area contributed by atoms with E-state index in [0.717, 1.165) is 17.7 Å². The predicted molar refractivity (Wildman–Crippen MR) is 112 cm³/mol. The molecular weight excluding hydrogens is 354 g/mol. The van der Waals surface area contributed by atoms with E-state index in [0.29, 0.717) is 18.7 Å². The lowest BCUT2D eigenvalue weighted by atomic mass is 10.0. The molecule has 4 nitrogen and oxygen atoms in total. The molecule has 1 saturated heterocycles. The lowest BCUT2D eigenvalue weighted by Crippen LogP contribution is -2.44. The maximum Gasteiger partial charge on any atom is 0.258 e. The molecule has 0 bridgehead atoms. The van der Waals surface area contributed by atoms with E-state index in [1.54, 1.807) is 6.08 Å². The molecule has 5 heteroatoms. The van der Waals surface area contributed by atoms with Gasteiger partial charge in [0.25, 0.3) is 5.91 Å². The topological polar surface area (TPSA) is 38.8 Å². The molecule has 2 aliphatic rings. The minimum absolute atomic E-state index is 0.0394. The summed E-state index contributed by atoms with van der Waals surface area (Å²) in [5.74, 6) is 0.819. The third kappa shape index (κ3) is 3.76. The quantitative estimate of drug-likeness (QED) is 0.530. The molecule has 2 aliphatic heterocycles. The summed E-state index contributed by atoms with van der Waals surface area (Å²) < 4.78 is 12.6. The minimum atomic E-state index is -1.88. The fourth-order valence-corrected chi connectivity index (χ4v) is 4.91. The van der Waals surface area contributed by atoms with Crippen molar-refractivity contribution in [2.24, 2.45) is 0 Å². The van der Waals surface area contributed by atoms with Crippen LogP contribution in [0.3, 0.4) is 0 Å². The van der Waals surface area contributed by atoms with Crippen LogP contribution in [0.5, 0.6) is 0 Å². The Labute approximate surface area is 164 Å². The Bertz CT molecular complexity index is 749. The Hall–Kier alpha value is -1.85. The minimum Gasteiger partial charge on any atom is -0.491 e. The Morgan fingerprint density at radius 1 is 1.26 bits per heavy atom. The number of amides is 1. The van der Waals surface area contributed by atoms with E-state index in [9.17, 15) is 4.79 Å². The first kappa shape index (κ1) is 19.9. The SMILES string of the molecule is C=CCOC1=C(c2ccccc2)C(=O)N2CC(O[Si](C)(C)C(C)(C)C)CC12. The maximum atomic E-state index is 13.2. The summed E-state index contributed by atoms with van der Waals surface area (Å²) in [7, 11) is -1.88. The molecule has 2 unspecified atom stereocenters. The summed E-state index contributed by atoms with van der Waals surface area (Å²) in [5, 5.41) is 0.150. The van der Waals surface area contributed by atoms with Crippen molar-refractivity contribution in [1.82, 2.24) is 4.90 Å². The average Bonchev–Trinajstić information content (AvgIpc) is 3.10. The van der Waals surface area contributed by atoms with Crippen molar-refractivity contribution in [2.75, 3.05) is 13.2 Å². The van der Waals surface area contributed by atoms with Crippen LogP contribution in [-0.4, -0.2) is 44.4 Å². The van der Waals surface area contributed by atoms with Crippen LogP contribution in [0.1, 0.15) is 32.8 Å². The molecule has 0 saturated carbocycles. The average molecular weight is 386 g/mol. The predicted octanol–water partition coefficient (Wildman–Crippen LogP) is 4.61. The molecule has 1 fully saturated rings. The second kappa shape index (κ2) is 7.28. The molecule has 2 heterocycles. The van der Waals surface area contributed by atoms with Gasteiger partial charge in [-0.1, -0.05) is 63.8 Å². The van der Waals surface area contributed by atoms with E-state index in [1.807, 2.05) is 35.2 Å². The van der Waals surface area contributed by atoms with Crippen LogP contribution in [0.2, 0.25) is 18.1 Å². The largest absolute Gasteiger partial charge is 0.491 e. The van der Waals surface area contributed by atoms with E-state index in [1.165, 1.54) is 0 Å². The molecule has 1 aromatic rings. The van der Waals surface area contributed by atoms with Gasteiger partial charge in [0.2, 0.25) is 0 Å². The second-order valence-electron chi connectivity index (χ2n) is 8.91. The molecule has 27 heavy (non-hydrogen) atoms. The van der Waals surface area contributed by atoms with Crippen LogP contribution in [-0.2, 0) is 14.0 Å². The molecule has 0 aliphatic carbocycles. The van der Waals surface area contributed by atoms with Gasteiger partial charge in [0.05, 0.1) is 17.7 Å². The van der Waals surface area contributed by atoms with Gasteiger partial charge in [-0.2, -0.15) is 0 Å². The molecule has 3 rings (SSSR count). The fourth-order valence-electron chi connectivity index (χ4n) is 3.55. The number of ether oxygens (including phenoxy) is 1. The van der Waals surface area contributed by atoms with Gasteiger partial charge in [0.15, 0.2) is 8.32 Å². The Kier molecular flexibility index (Phi) is 5.37. The lowest BCUT2D eigenvalue weighted by Gasteiger charge is -2.38. The van der Waals surface area contributed by atoms with Crippen molar-refractivity contribution >= 4 is 19.8 Å². The van der Waals surface area contributed by atoms with Gasteiger partial charge >= 0.3 is 0 Å². The highest BCUT2D eigenvalue weighted by atomic mass is 28.4. The van der Waals surface area contributed by atoms with Crippen molar-refractivity contribution in [1.29, 1.82) is 0 Å². The number of carbonyl (C=O) groups is 1. The monoisotopic (exact) mass is 385 g/mol. The number of rotatable bonds is 6. The molecule has 1 aromatic carbocycles. The van der Waals surface area contributed by atoms with Crippen LogP contribution in [0.25, 0.3) is 5.57 Å². The molecule has 146 valence electrons. The molecule has 0 aromatic heterocycles. The van der Waals surface area contributed by atoms with Gasteiger partial charge < -0.3 is 14.1 Å². The zero-order valence-electron chi connectivity index (χ0n) is 17.1. The summed E-state index contributed by atoms with van der Waals surface area (Å²) in [6.45, 7) is 16.0. The van der Waals surface area contributed by atoms with Crippen LogP contribution < -0.4 is 0 Å². The molecule has 1 amide bonds. The van der Waals surface area contributed by atoms with Crippen LogP contribution in [0.15, 0.2) is 48.7 Å². The normalized spacial score (nSPS) is 23.0. The first-order valence-corrected chi connectivity index (χ1v) is 12.6. The third-order valence-corrected chi connectivity index (χ3v) is 10.5. The first-order chi connectivity index (χ1) is 12.7. The number of benzene rings is 1.